The van der Waals surface area contributed by atoms with Gasteiger partial charge in [0.15, 0.2) is 17.3 Å². The molecule has 27 heavy (non-hydrogen) atoms. The first-order valence-corrected chi connectivity index (χ1v) is 8.47. The number of benzene rings is 3. The van der Waals surface area contributed by atoms with E-state index in [4.69, 9.17) is 15.2 Å². The van der Waals surface area contributed by atoms with Crippen LogP contribution in [0.3, 0.4) is 0 Å². The van der Waals surface area contributed by atoms with Crippen LogP contribution in [0.5, 0.6) is 11.5 Å². The Morgan fingerprint density at radius 3 is 1.78 bits per heavy atom. The maximum atomic E-state index is 11.9. The van der Waals surface area contributed by atoms with E-state index in [1.54, 1.807) is 18.2 Å². The van der Waals surface area contributed by atoms with Gasteiger partial charge in [0.25, 0.3) is 0 Å². The highest BCUT2D eigenvalue weighted by molar-refractivity contribution is 5.98. The van der Waals surface area contributed by atoms with Crippen molar-refractivity contribution in [1.29, 1.82) is 0 Å². The van der Waals surface area contributed by atoms with E-state index in [0.29, 0.717) is 30.3 Å². The van der Waals surface area contributed by atoms with Crippen LogP contribution in [0.15, 0.2) is 78.9 Å². The van der Waals surface area contributed by atoms with Crippen molar-refractivity contribution >= 4 is 18.2 Å². The number of nitrogens with two attached hydrogens (primary N) is 1. The van der Waals surface area contributed by atoms with Crippen molar-refractivity contribution in [3.8, 4) is 11.5 Å². The van der Waals surface area contributed by atoms with Crippen LogP contribution in [-0.2, 0) is 13.2 Å². The third-order valence-electron chi connectivity index (χ3n) is 3.93. The topological polar surface area (TPSA) is 61.6 Å². The van der Waals surface area contributed by atoms with Gasteiger partial charge in [-0.1, -0.05) is 60.7 Å². The Labute approximate surface area is 165 Å². The fourth-order valence-corrected chi connectivity index (χ4v) is 2.50. The van der Waals surface area contributed by atoms with Gasteiger partial charge in [0.1, 0.15) is 13.2 Å². The molecule has 0 bridgehead atoms. The van der Waals surface area contributed by atoms with E-state index in [1.165, 1.54) is 0 Å². The number of carbonyl (C=O) groups excluding carboxylic acids is 1. The normalized spacial score (nSPS) is 9.96. The van der Waals surface area contributed by atoms with E-state index < -0.39 is 0 Å². The number of ketones is 1. The Balaban J connectivity index is 0.00000261. The molecule has 0 aliphatic rings. The predicted octanol–water partition coefficient (Wildman–Crippen LogP) is 4.41. The number of ether oxygens (including phenoxy) is 2. The molecule has 3 rings (SSSR count). The van der Waals surface area contributed by atoms with Crippen molar-refractivity contribution in [3.05, 3.63) is 95.6 Å². The van der Waals surface area contributed by atoms with E-state index in [0.717, 1.165) is 11.1 Å². The molecule has 0 aliphatic heterocycles. The maximum Gasteiger partial charge on any atom is 0.176 e. The lowest BCUT2D eigenvalue weighted by Crippen LogP contribution is -2.13. The minimum absolute atomic E-state index is 0. The molecule has 0 spiro atoms. The first-order valence-electron chi connectivity index (χ1n) is 8.47. The first kappa shape index (κ1) is 20.5. The van der Waals surface area contributed by atoms with Crippen molar-refractivity contribution < 1.29 is 14.3 Å². The fourth-order valence-electron chi connectivity index (χ4n) is 2.50. The molecule has 3 aromatic carbocycles. The molecule has 0 heterocycles. The van der Waals surface area contributed by atoms with Gasteiger partial charge in [0, 0.05) is 5.56 Å². The Morgan fingerprint density at radius 2 is 1.26 bits per heavy atom. The molecule has 0 atom stereocenters. The van der Waals surface area contributed by atoms with Crippen LogP contribution in [0, 0.1) is 0 Å². The average molecular weight is 384 g/mol. The number of hydrogen-bond donors (Lipinski definition) is 1. The lowest BCUT2D eigenvalue weighted by Gasteiger charge is -2.14. The largest absolute Gasteiger partial charge is 0.485 e. The Morgan fingerprint density at radius 1 is 0.741 bits per heavy atom. The minimum Gasteiger partial charge on any atom is -0.485 e. The van der Waals surface area contributed by atoms with E-state index in [1.807, 2.05) is 60.7 Å². The van der Waals surface area contributed by atoms with Gasteiger partial charge < -0.3 is 15.2 Å². The van der Waals surface area contributed by atoms with Crippen LogP contribution in [-0.4, -0.2) is 12.3 Å². The summed E-state index contributed by atoms with van der Waals surface area (Å²) in [7, 11) is 0. The van der Waals surface area contributed by atoms with Crippen LogP contribution >= 0.6 is 12.4 Å². The lowest BCUT2D eigenvalue weighted by molar-refractivity contribution is 0.100. The van der Waals surface area contributed by atoms with Gasteiger partial charge in [0.05, 0.1) is 6.54 Å². The van der Waals surface area contributed by atoms with Crippen molar-refractivity contribution in [1.82, 2.24) is 0 Å². The second kappa shape index (κ2) is 10.4. The number of carbonyl (C=O) groups is 1. The maximum absolute atomic E-state index is 11.9. The second-order valence-electron chi connectivity index (χ2n) is 5.84. The highest BCUT2D eigenvalue weighted by Gasteiger charge is 2.11. The van der Waals surface area contributed by atoms with Crippen molar-refractivity contribution in [3.63, 3.8) is 0 Å². The molecule has 140 valence electrons. The first-order chi connectivity index (χ1) is 12.8. The monoisotopic (exact) mass is 383 g/mol. The van der Waals surface area contributed by atoms with E-state index in [9.17, 15) is 4.79 Å². The van der Waals surface area contributed by atoms with Crippen molar-refractivity contribution in [2.75, 3.05) is 6.54 Å². The van der Waals surface area contributed by atoms with Crippen LogP contribution in [0.4, 0.5) is 0 Å². The molecule has 0 fully saturated rings. The Bertz CT molecular complexity index is 854. The number of rotatable bonds is 8. The van der Waals surface area contributed by atoms with Crippen LogP contribution in [0.2, 0.25) is 0 Å². The van der Waals surface area contributed by atoms with Gasteiger partial charge in [-0.05, 0) is 29.3 Å². The van der Waals surface area contributed by atoms with Gasteiger partial charge >= 0.3 is 0 Å². The van der Waals surface area contributed by atoms with Gasteiger partial charge in [-0.2, -0.15) is 0 Å². The number of Topliss-reactive ketones (excluding diaryl/α,β-unsaturated/α-hetero) is 1. The second-order valence-corrected chi connectivity index (χ2v) is 5.84. The molecule has 0 aliphatic carbocycles. The number of halogens is 1. The highest BCUT2D eigenvalue weighted by Crippen LogP contribution is 2.30. The molecule has 0 amide bonds. The van der Waals surface area contributed by atoms with Crippen LogP contribution in [0.25, 0.3) is 0 Å². The number of hydrogen-bond acceptors (Lipinski definition) is 4. The quantitative estimate of drug-likeness (QED) is 0.585. The summed E-state index contributed by atoms with van der Waals surface area (Å²) >= 11 is 0. The molecule has 0 saturated carbocycles. The Kier molecular flexibility index (Phi) is 7.86. The molecule has 3 aromatic rings. The summed E-state index contributed by atoms with van der Waals surface area (Å²) in [4.78, 5) is 11.9. The molecule has 0 radical (unpaired) electrons. The molecule has 0 aromatic heterocycles. The summed E-state index contributed by atoms with van der Waals surface area (Å²) in [6, 6.07) is 24.9. The summed E-state index contributed by atoms with van der Waals surface area (Å²) in [6.07, 6.45) is 0. The average Bonchev–Trinajstić information content (AvgIpc) is 2.72. The molecular formula is C22H22ClNO3. The SMILES string of the molecule is Cl.NCC(=O)c1ccc(OCc2ccccc2)c(OCc2ccccc2)c1. The van der Waals surface area contributed by atoms with Gasteiger partial charge in [-0.15, -0.1) is 12.4 Å². The summed E-state index contributed by atoms with van der Waals surface area (Å²) in [5, 5.41) is 0. The minimum atomic E-state index is -0.135. The van der Waals surface area contributed by atoms with Crippen molar-refractivity contribution in [2.45, 2.75) is 13.2 Å². The predicted molar refractivity (Wildman–Crippen MR) is 109 cm³/mol. The summed E-state index contributed by atoms with van der Waals surface area (Å²) in [5.41, 5.74) is 8.08. The van der Waals surface area contributed by atoms with E-state index in [-0.39, 0.29) is 24.7 Å². The smallest absolute Gasteiger partial charge is 0.176 e. The van der Waals surface area contributed by atoms with E-state index in [2.05, 4.69) is 0 Å². The third kappa shape index (κ3) is 5.84. The zero-order valence-electron chi connectivity index (χ0n) is 14.8. The summed E-state index contributed by atoms with van der Waals surface area (Å²) < 4.78 is 11.8. The fraction of sp³-hybridized carbons (Fsp3) is 0.136. The molecular weight excluding hydrogens is 362 g/mol. The lowest BCUT2D eigenvalue weighted by atomic mass is 10.1. The highest BCUT2D eigenvalue weighted by atomic mass is 35.5. The van der Waals surface area contributed by atoms with E-state index >= 15 is 0 Å². The molecule has 0 unspecified atom stereocenters. The summed E-state index contributed by atoms with van der Waals surface area (Å²) in [6.45, 7) is 0.776. The van der Waals surface area contributed by atoms with Crippen LogP contribution in [0.1, 0.15) is 21.5 Å². The summed E-state index contributed by atoms with van der Waals surface area (Å²) in [5.74, 6) is 0.992. The Hall–Kier alpha value is -2.82. The molecule has 0 saturated heterocycles. The molecule has 4 nitrogen and oxygen atoms in total. The zero-order valence-corrected chi connectivity index (χ0v) is 15.7. The zero-order chi connectivity index (χ0) is 18.2. The van der Waals surface area contributed by atoms with Crippen LogP contribution < -0.4 is 15.2 Å². The third-order valence-corrected chi connectivity index (χ3v) is 3.93. The van der Waals surface area contributed by atoms with Gasteiger partial charge in [-0.3, -0.25) is 4.79 Å². The van der Waals surface area contributed by atoms with Crippen molar-refractivity contribution in [2.24, 2.45) is 5.73 Å². The molecule has 2 N–H and O–H groups in total. The standard InChI is InChI=1S/C22H21NO3.ClH/c23-14-20(24)19-11-12-21(25-15-17-7-3-1-4-8-17)22(13-19)26-16-18-9-5-2-6-10-18;/h1-13H,14-16,23H2;1H. The van der Waals surface area contributed by atoms with Gasteiger partial charge in [0.2, 0.25) is 0 Å². The van der Waals surface area contributed by atoms with Gasteiger partial charge in [-0.25, -0.2) is 0 Å². The molecule has 5 heteroatoms.